The average Bonchev–Trinajstić information content (AvgIpc) is 2.94. The second-order valence-electron chi connectivity index (χ2n) is 4.68. The number of nitrogens with zero attached hydrogens (tertiary/aromatic N) is 4. The van der Waals surface area contributed by atoms with Crippen LogP contribution in [-0.4, -0.2) is 34.0 Å². The monoisotopic (exact) mass is 330 g/mol. The number of alkyl halides is 1. The van der Waals surface area contributed by atoms with Gasteiger partial charge in [0.15, 0.2) is 0 Å². The van der Waals surface area contributed by atoms with Crippen molar-refractivity contribution in [2.75, 3.05) is 6.54 Å². The quantitative estimate of drug-likeness (QED) is 0.797. The van der Waals surface area contributed by atoms with Gasteiger partial charge in [0, 0.05) is 19.0 Å². The number of benzene rings is 1. The lowest BCUT2D eigenvalue weighted by Crippen LogP contribution is -2.38. The number of fused-ring (bicyclic) bond motifs is 1. The first kappa shape index (κ1) is 14.4. The molecule has 2 aromatic rings. The third-order valence-corrected chi connectivity index (χ3v) is 5.56. The molecule has 1 aliphatic rings. The van der Waals surface area contributed by atoms with Gasteiger partial charge >= 0.3 is 0 Å². The standard InChI is InChI=1S/C12H12ClFN4O2S/c13-6-9-1-2-11(10(14)5-9)21(19,20)18-4-3-17-8-15-16-12(17)7-18/h1-2,5,8H,3-4,6-7H2. The third kappa shape index (κ3) is 2.54. The van der Waals surface area contributed by atoms with Gasteiger partial charge in [0.1, 0.15) is 22.9 Å². The Kier molecular flexibility index (Phi) is 3.68. The van der Waals surface area contributed by atoms with Gasteiger partial charge in [0.05, 0.1) is 6.54 Å². The molecule has 0 aliphatic carbocycles. The fourth-order valence-electron chi connectivity index (χ4n) is 2.23. The fraction of sp³-hybridized carbons (Fsp3) is 0.333. The van der Waals surface area contributed by atoms with Crippen molar-refractivity contribution < 1.29 is 12.8 Å². The Bertz CT molecular complexity index is 777. The van der Waals surface area contributed by atoms with Crippen molar-refractivity contribution in [3.63, 3.8) is 0 Å². The fourth-order valence-corrected chi connectivity index (χ4v) is 3.82. The maximum Gasteiger partial charge on any atom is 0.246 e. The molecule has 112 valence electrons. The number of hydrogen-bond acceptors (Lipinski definition) is 4. The highest BCUT2D eigenvalue weighted by atomic mass is 35.5. The van der Waals surface area contributed by atoms with Crippen molar-refractivity contribution in [1.82, 2.24) is 19.1 Å². The van der Waals surface area contributed by atoms with Crippen LogP contribution in [0, 0.1) is 5.82 Å². The minimum Gasteiger partial charge on any atom is -0.315 e. The summed E-state index contributed by atoms with van der Waals surface area (Å²) in [5.74, 6) is -0.118. The van der Waals surface area contributed by atoms with Crippen LogP contribution in [0.15, 0.2) is 29.4 Å². The molecule has 9 heteroatoms. The summed E-state index contributed by atoms with van der Waals surface area (Å²) in [5, 5.41) is 7.60. The van der Waals surface area contributed by atoms with E-state index in [4.69, 9.17) is 11.6 Å². The van der Waals surface area contributed by atoms with E-state index in [1.807, 2.05) is 0 Å². The summed E-state index contributed by atoms with van der Waals surface area (Å²) in [6.45, 7) is 0.784. The van der Waals surface area contributed by atoms with Crippen LogP contribution < -0.4 is 0 Å². The van der Waals surface area contributed by atoms with E-state index >= 15 is 0 Å². The third-order valence-electron chi connectivity index (χ3n) is 3.37. The van der Waals surface area contributed by atoms with E-state index in [-0.39, 0.29) is 23.9 Å². The molecule has 1 aromatic heterocycles. The highest BCUT2D eigenvalue weighted by molar-refractivity contribution is 7.89. The smallest absolute Gasteiger partial charge is 0.246 e. The largest absolute Gasteiger partial charge is 0.315 e. The second kappa shape index (κ2) is 5.36. The lowest BCUT2D eigenvalue weighted by atomic mass is 10.2. The molecule has 1 aliphatic heterocycles. The van der Waals surface area contributed by atoms with Gasteiger partial charge in [-0.3, -0.25) is 0 Å². The SMILES string of the molecule is O=S(=O)(c1ccc(CCl)cc1F)N1CCn2cnnc2C1. The van der Waals surface area contributed by atoms with E-state index in [1.54, 1.807) is 10.9 Å². The first-order chi connectivity index (χ1) is 10.0. The van der Waals surface area contributed by atoms with Crippen LogP contribution in [0.3, 0.4) is 0 Å². The first-order valence-electron chi connectivity index (χ1n) is 6.23. The Morgan fingerprint density at radius 1 is 1.33 bits per heavy atom. The molecule has 0 bridgehead atoms. The molecule has 0 unspecified atom stereocenters. The van der Waals surface area contributed by atoms with Gasteiger partial charge in [-0.05, 0) is 17.7 Å². The second-order valence-corrected chi connectivity index (χ2v) is 6.85. The predicted octanol–water partition coefficient (Wildman–Crippen LogP) is 1.36. The van der Waals surface area contributed by atoms with E-state index in [0.717, 1.165) is 6.07 Å². The average molecular weight is 331 g/mol. The number of aromatic nitrogens is 3. The molecule has 0 spiro atoms. The zero-order chi connectivity index (χ0) is 15.0. The Morgan fingerprint density at radius 2 is 2.14 bits per heavy atom. The highest BCUT2D eigenvalue weighted by Crippen LogP contribution is 2.24. The molecule has 0 radical (unpaired) electrons. The Hall–Kier alpha value is -1.51. The van der Waals surface area contributed by atoms with Crippen molar-refractivity contribution >= 4 is 21.6 Å². The van der Waals surface area contributed by atoms with Crippen molar-refractivity contribution in [2.24, 2.45) is 0 Å². The molecule has 0 N–H and O–H groups in total. The maximum absolute atomic E-state index is 14.0. The number of halogens is 2. The van der Waals surface area contributed by atoms with Gasteiger partial charge in [-0.1, -0.05) is 6.07 Å². The summed E-state index contributed by atoms with van der Waals surface area (Å²) in [7, 11) is -3.90. The Labute approximate surface area is 126 Å². The topological polar surface area (TPSA) is 68.1 Å². The van der Waals surface area contributed by atoms with Crippen molar-refractivity contribution in [3.8, 4) is 0 Å². The normalized spacial score (nSPS) is 15.9. The van der Waals surface area contributed by atoms with E-state index in [9.17, 15) is 12.8 Å². The molecule has 2 heterocycles. The highest BCUT2D eigenvalue weighted by Gasteiger charge is 2.31. The minimum absolute atomic E-state index is 0.0824. The summed E-state index contributed by atoms with van der Waals surface area (Å²) < 4.78 is 42.1. The maximum atomic E-state index is 14.0. The van der Waals surface area contributed by atoms with Crippen LogP contribution in [0.4, 0.5) is 4.39 Å². The van der Waals surface area contributed by atoms with Gasteiger partial charge in [-0.15, -0.1) is 21.8 Å². The van der Waals surface area contributed by atoms with E-state index in [1.165, 1.54) is 16.4 Å². The zero-order valence-electron chi connectivity index (χ0n) is 10.9. The molecule has 0 fully saturated rings. The van der Waals surface area contributed by atoms with Crippen LogP contribution in [0.1, 0.15) is 11.4 Å². The van der Waals surface area contributed by atoms with Crippen molar-refractivity contribution in [3.05, 3.63) is 41.7 Å². The first-order valence-corrected chi connectivity index (χ1v) is 8.21. The zero-order valence-corrected chi connectivity index (χ0v) is 12.5. The Morgan fingerprint density at radius 3 is 2.86 bits per heavy atom. The minimum atomic E-state index is -3.90. The molecule has 0 atom stereocenters. The van der Waals surface area contributed by atoms with Crippen LogP contribution in [-0.2, 0) is 29.0 Å². The predicted molar refractivity (Wildman–Crippen MR) is 73.6 cm³/mol. The number of sulfonamides is 1. The van der Waals surface area contributed by atoms with E-state index < -0.39 is 15.8 Å². The van der Waals surface area contributed by atoms with Crippen LogP contribution in [0.25, 0.3) is 0 Å². The summed E-state index contributed by atoms with van der Waals surface area (Å²) >= 11 is 5.61. The van der Waals surface area contributed by atoms with E-state index in [2.05, 4.69) is 10.2 Å². The van der Waals surface area contributed by atoms with Gasteiger partial charge < -0.3 is 4.57 Å². The van der Waals surface area contributed by atoms with Crippen LogP contribution in [0.2, 0.25) is 0 Å². The van der Waals surface area contributed by atoms with Gasteiger partial charge in [-0.2, -0.15) is 4.31 Å². The lowest BCUT2D eigenvalue weighted by molar-refractivity contribution is 0.334. The van der Waals surface area contributed by atoms with Crippen molar-refractivity contribution in [1.29, 1.82) is 0 Å². The molecule has 0 saturated carbocycles. The van der Waals surface area contributed by atoms with Gasteiger partial charge in [-0.25, -0.2) is 12.8 Å². The summed E-state index contributed by atoms with van der Waals surface area (Å²) in [6.07, 6.45) is 1.55. The summed E-state index contributed by atoms with van der Waals surface area (Å²) in [6, 6.07) is 3.91. The molecular formula is C12H12ClFN4O2S. The van der Waals surface area contributed by atoms with Crippen LogP contribution in [0.5, 0.6) is 0 Å². The van der Waals surface area contributed by atoms with E-state index in [0.29, 0.717) is 17.9 Å². The summed E-state index contributed by atoms with van der Waals surface area (Å²) in [4.78, 5) is -0.343. The lowest BCUT2D eigenvalue weighted by Gasteiger charge is -2.26. The van der Waals surface area contributed by atoms with Gasteiger partial charge in [0.2, 0.25) is 10.0 Å². The van der Waals surface area contributed by atoms with Gasteiger partial charge in [0.25, 0.3) is 0 Å². The molecule has 3 rings (SSSR count). The number of rotatable bonds is 3. The molecule has 1 aromatic carbocycles. The van der Waals surface area contributed by atoms with Crippen molar-refractivity contribution in [2.45, 2.75) is 23.9 Å². The summed E-state index contributed by atoms with van der Waals surface area (Å²) in [5.41, 5.74) is 0.534. The van der Waals surface area contributed by atoms with Crippen LogP contribution >= 0.6 is 11.6 Å². The molecule has 0 saturated heterocycles. The number of hydrogen-bond donors (Lipinski definition) is 0. The molecule has 21 heavy (non-hydrogen) atoms. The molecule has 6 nitrogen and oxygen atoms in total. The molecule has 0 amide bonds. The molecular weight excluding hydrogens is 319 g/mol. The Balaban J connectivity index is 1.95.